The fraction of sp³-hybridized carbons (Fsp3) is 0.0952. The van der Waals surface area contributed by atoms with Crippen LogP contribution in [0.5, 0.6) is 0 Å². The summed E-state index contributed by atoms with van der Waals surface area (Å²) in [6, 6.07) is 15.1. The topological polar surface area (TPSA) is 79.8 Å². The van der Waals surface area contributed by atoms with Gasteiger partial charge in [0.1, 0.15) is 0 Å². The number of carbonyl (C=O) groups excluding carboxylic acids is 1. The number of H-pyrrole nitrogens is 1. The zero-order valence-electron chi connectivity index (χ0n) is 15.2. The number of nitrogens with zero attached hydrogens (tertiary/aromatic N) is 2. The van der Waals surface area contributed by atoms with E-state index in [1.807, 2.05) is 17.5 Å². The fourth-order valence-electron chi connectivity index (χ4n) is 2.86. The van der Waals surface area contributed by atoms with Crippen molar-refractivity contribution in [2.45, 2.75) is 13.3 Å². The van der Waals surface area contributed by atoms with Crippen LogP contribution in [0.3, 0.4) is 0 Å². The standard InChI is InChI=1S/C21H18N4O2S/c1-2-14-6-8-15(9-7-14)18-13-28-20(23-18)24-19(26)16-4-3-5-17(12-16)25-11-10-22-21(25)27/h3-13H,2H2,1H3,(H,22,27)(H,23,24,26). The molecule has 1 amide bonds. The quantitative estimate of drug-likeness (QED) is 0.538. The molecule has 2 heterocycles. The number of imidazole rings is 1. The minimum absolute atomic E-state index is 0.254. The summed E-state index contributed by atoms with van der Waals surface area (Å²) in [5.41, 5.74) is 3.94. The van der Waals surface area contributed by atoms with Crippen LogP contribution in [0.1, 0.15) is 22.8 Å². The Bertz CT molecular complexity index is 1170. The third-order valence-electron chi connectivity index (χ3n) is 4.42. The van der Waals surface area contributed by atoms with E-state index in [9.17, 15) is 9.59 Å². The lowest BCUT2D eigenvalue weighted by Crippen LogP contribution is -2.16. The van der Waals surface area contributed by atoms with Gasteiger partial charge in [-0.2, -0.15) is 0 Å². The van der Waals surface area contributed by atoms with E-state index in [-0.39, 0.29) is 11.6 Å². The zero-order chi connectivity index (χ0) is 19.5. The molecule has 28 heavy (non-hydrogen) atoms. The van der Waals surface area contributed by atoms with Gasteiger partial charge in [-0.05, 0) is 30.2 Å². The van der Waals surface area contributed by atoms with E-state index >= 15 is 0 Å². The van der Waals surface area contributed by atoms with Crippen LogP contribution < -0.4 is 11.0 Å². The lowest BCUT2D eigenvalue weighted by atomic mass is 10.1. The van der Waals surface area contributed by atoms with E-state index in [0.29, 0.717) is 16.4 Å². The number of carbonyl (C=O) groups is 1. The molecule has 6 nitrogen and oxygen atoms in total. The van der Waals surface area contributed by atoms with Gasteiger partial charge in [0.25, 0.3) is 5.91 Å². The van der Waals surface area contributed by atoms with Crippen LogP contribution in [-0.4, -0.2) is 20.4 Å². The number of thiazole rings is 1. The molecule has 0 saturated heterocycles. The highest BCUT2D eigenvalue weighted by atomic mass is 32.1. The zero-order valence-corrected chi connectivity index (χ0v) is 16.0. The number of benzene rings is 2. The molecule has 2 aromatic heterocycles. The van der Waals surface area contributed by atoms with E-state index in [4.69, 9.17) is 0 Å². The van der Waals surface area contributed by atoms with Gasteiger partial charge in [-0.15, -0.1) is 11.3 Å². The highest BCUT2D eigenvalue weighted by Crippen LogP contribution is 2.25. The number of amides is 1. The van der Waals surface area contributed by atoms with Crippen molar-refractivity contribution in [1.82, 2.24) is 14.5 Å². The highest BCUT2D eigenvalue weighted by molar-refractivity contribution is 7.14. The number of aromatic nitrogens is 3. The van der Waals surface area contributed by atoms with Crippen LogP contribution in [0.2, 0.25) is 0 Å². The second kappa shape index (κ2) is 7.66. The molecular formula is C21H18N4O2S. The molecule has 0 aliphatic heterocycles. The number of rotatable bonds is 5. The number of hydrogen-bond acceptors (Lipinski definition) is 4. The summed E-state index contributed by atoms with van der Waals surface area (Å²) in [6.07, 6.45) is 4.17. The summed E-state index contributed by atoms with van der Waals surface area (Å²) in [7, 11) is 0. The molecule has 0 aliphatic carbocycles. The van der Waals surface area contributed by atoms with E-state index in [2.05, 4.69) is 34.3 Å². The van der Waals surface area contributed by atoms with Crippen molar-refractivity contribution in [3.63, 3.8) is 0 Å². The molecular weight excluding hydrogens is 372 g/mol. The summed E-state index contributed by atoms with van der Waals surface area (Å²) >= 11 is 1.38. The van der Waals surface area contributed by atoms with Crippen molar-refractivity contribution in [1.29, 1.82) is 0 Å². The molecule has 2 aromatic carbocycles. The van der Waals surface area contributed by atoms with Crippen LogP contribution in [-0.2, 0) is 6.42 Å². The first-order valence-corrected chi connectivity index (χ1v) is 9.74. The molecule has 0 atom stereocenters. The molecule has 0 saturated carbocycles. The molecule has 0 radical (unpaired) electrons. The van der Waals surface area contributed by atoms with Crippen LogP contribution >= 0.6 is 11.3 Å². The van der Waals surface area contributed by atoms with Gasteiger partial charge in [-0.1, -0.05) is 37.3 Å². The molecule has 7 heteroatoms. The Balaban J connectivity index is 1.52. The average Bonchev–Trinajstić information content (AvgIpc) is 3.37. The minimum Gasteiger partial charge on any atom is -0.312 e. The number of anilines is 1. The van der Waals surface area contributed by atoms with Crippen LogP contribution in [0, 0.1) is 0 Å². The van der Waals surface area contributed by atoms with Gasteiger partial charge >= 0.3 is 5.69 Å². The fourth-order valence-corrected chi connectivity index (χ4v) is 3.58. The van der Waals surface area contributed by atoms with Gasteiger partial charge in [0.2, 0.25) is 0 Å². The monoisotopic (exact) mass is 390 g/mol. The first kappa shape index (κ1) is 17.9. The molecule has 0 bridgehead atoms. The SMILES string of the molecule is CCc1ccc(-c2csc(NC(=O)c3cccc(-n4cc[nH]c4=O)c3)n2)cc1. The van der Waals surface area contributed by atoms with Crippen LogP contribution in [0.4, 0.5) is 5.13 Å². The average molecular weight is 390 g/mol. The lowest BCUT2D eigenvalue weighted by Gasteiger charge is -2.05. The van der Waals surface area contributed by atoms with Gasteiger partial charge in [0.15, 0.2) is 5.13 Å². The van der Waals surface area contributed by atoms with Crippen molar-refractivity contribution in [3.8, 4) is 16.9 Å². The number of aromatic amines is 1. The van der Waals surface area contributed by atoms with Crippen molar-refractivity contribution in [2.24, 2.45) is 0 Å². The maximum Gasteiger partial charge on any atom is 0.330 e. The van der Waals surface area contributed by atoms with E-state index in [1.165, 1.54) is 21.5 Å². The van der Waals surface area contributed by atoms with Gasteiger partial charge in [-0.3, -0.25) is 14.7 Å². The van der Waals surface area contributed by atoms with Crippen molar-refractivity contribution in [2.75, 3.05) is 5.32 Å². The lowest BCUT2D eigenvalue weighted by molar-refractivity contribution is 0.102. The third kappa shape index (κ3) is 3.65. The van der Waals surface area contributed by atoms with Crippen molar-refractivity contribution in [3.05, 3.63) is 87.9 Å². The van der Waals surface area contributed by atoms with E-state index < -0.39 is 0 Å². The summed E-state index contributed by atoms with van der Waals surface area (Å²) < 4.78 is 1.44. The second-order valence-electron chi connectivity index (χ2n) is 6.23. The van der Waals surface area contributed by atoms with Crippen molar-refractivity contribution >= 4 is 22.4 Å². The Morgan fingerprint density at radius 1 is 1.21 bits per heavy atom. The molecule has 0 aliphatic rings. The summed E-state index contributed by atoms with van der Waals surface area (Å²) in [4.78, 5) is 31.5. The molecule has 0 fully saturated rings. The molecule has 4 rings (SSSR count). The first-order chi connectivity index (χ1) is 13.6. The largest absolute Gasteiger partial charge is 0.330 e. The molecule has 2 N–H and O–H groups in total. The highest BCUT2D eigenvalue weighted by Gasteiger charge is 2.11. The normalized spacial score (nSPS) is 10.8. The van der Waals surface area contributed by atoms with Gasteiger partial charge < -0.3 is 4.98 Å². The Morgan fingerprint density at radius 3 is 2.75 bits per heavy atom. The maximum atomic E-state index is 12.6. The Kier molecular flexibility index (Phi) is 4.90. The Morgan fingerprint density at radius 2 is 2.04 bits per heavy atom. The Hall–Kier alpha value is -3.45. The molecule has 4 aromatic rings. The number of nitrogens with one attached hydrogen (secondary N) is 2. The molecule has 140 valence electrons. The number of aryl methyl sites for hydroxylation is 1. The second-order valence-corrected chi connectivity index (χ2v) is 7.09. The first-order valence-electron chi connectivity index (χ1n) is 8.86. The van der Waals surface area contributed by atoms with Gasteiger partial charge in [0, 0.05) is 28.9 Å². The smallest absolute Gasteiger partial charge is 0.312 e. The van der Waals surface area contributed by atoms with E-state index in [0.717, 1.165) is 17.7 Å². The van der Waals surface area contributed by atoms with Crippen LogP contribution in [0.25, 0.3) is 16.9 Å². The molecule has 0 unspecified atom stereocenters. The predicted molar refractivity (Wildman–Crippen MR) is 111 cm³/mol. The third-order valence-corrected chi connectivity index (χ3v) is 5.18. The summed E-state index contributed by atoms with van der Waals surface area (Å²) in [5, 5.41) is 5.29. The Labute approximate surface area is 165 Å². The maximum absolute atomic E-state index is 12.6. The summed E-state index contributed by atoms with van der Waals surface area (Å²) in [5.74, 6) is -0.271. The summed E-state index contributed by atoms with van der Waals surface area (Å²) in [6.45, 7) is 2.12. The van der Waals surface area contributed by atoms with Crippen LogP contribution in [0.15, 0.2) is 71.1 Å². The van der Waals surface area contributed by atoms with Gasteiger partial charge in [-0.25, -0.2) is 9.78 Å². The predicted octanol–water partition coefficient (Wildman–Crippen LogP) is 4.10. The minimum atomic E-state index is -0.271. The van der Waals surface area contributed by atoms with Crippen molar-refractivity contribution < 1.29 is 4.79 Å². The van der Waals surface area contributed by atoms with Gasteiger partial charge in [0.05, 0.1) is 11.4 Å². The molecule has 0 spiro atoms. The van der Waals surface area contributed by atoms with E-state index in [1.54, 1.807) is 36.7 Å². The number of hydrogen-bond donors (Lipinski definition) is 2.